The largest absolute Gasteiger partial charge is 0.381 e. The summed E-state index contributed by atoms with van der Waals surface area (Å²) < 4.78 is 7.30. The number of hydrogen-bond acceptors (Lipinski definition) is 4. The van der Waals surface area contributed by atoms with Gasteiger partial charge in [0.15, 0.2) is 5.65 Å². The number of aromatic nitrogens is 3. The van der Waals surface area contributed by atoms with E-state index in [4.69, 9.17) is 22.1 Å². The quantitative estimate of drug-likeness (QED) is 0.884. The van der Waals surface area contributed by atoms with Crippen LogP contribution in [0.2, 0.25) is 5.02 Å². The van der Waals surface area contributed by atoms with Gasteiger partial charge in [-0.2, -0.15) is 0 Å². The van der Waals surface area contributed by atoms with E-state index in [1.165, 1.54) is 0 Å². The summed E-state index contributed by atoms with van der Waals surface area (Å²) in [6.07, 6.45) is 2.68. The number of nitrogens with two attached hydrogens (primary N) is 1. The molecule has 1 unspecified atom stereocenters. The number of nitrogen functional groups attached to an aromatic ring is 1. The van der Waals surface area contributed by atoms with Crippen molar-refractivity contribution in [1.82, 2.24) is 14.5 Å². The number of rotatable bonds is 2. The molecule has 0 amide bonds. The Hall–Kier alpha value is -1.33. The summed E-state index contributed by atoms with van der Waals surface area (Å²) in [5.74, 6) is 0.980. The van der Waals surface area contributed by atoms with E-state index < -0.39 is 0 Å². The van der Waals surface area contributed by atoms with Crippen molar-refractivity contribution in [2.24, 2.45) is 5.92 Å². The highest BCUT2D eigenvalue weighted by Gasteiger charge is 2.19. The number of ether oxygens (including phenoxy) is 1. The van der Waals surface area contributed by atoms with Crippen molar-refractivity contribution in [2.45, 2.75) is 13.0 Å². The molecule has 1 aliphatic rings. The van der Waals surface area contributed by atoms with Crippen molar-refractivity contribution in [3.8, 4) is 0 Å². The van der Waals surface area contributed by atoms with Crippen LogP contribution in [0.1, 0.15) is 6.42 Å². The summed E-state index contributed by atoms with van der Waals surface area (Å²) in [5.41, 5.74) is 7.44. The molecule has 1 atom stereocenters. The molecule has 2 aromatic heterocycles. The number of fused-ring (bicyclic) bond motifs is 1. The van der Waals surface area contributed by atoms with E-state index in [1.807, 2.05) is 4.57 Å². The fourth-order valence-electron chi connectivity index (χ4n) is 2.17. The highest BCUT2D eigenvalue weighted by molar-refractivity contribution is 6.31. The van der Waals surface area contributed by atoms with Gasteiger partial charge < -0.3 is 10.5 Å². The van der Waals surface area contributed by atoms with Crippen LogP contribution in [0.15, 0.2) is 12.3 Å². The van der Waals surface area contributed by atoms with Gasteiger partial charge >= 0.3 is 0 Å². The first-order valence-corrected chi connectivity index (χ1v) is 5.97. The molecular weight excluding hydrogens is 240 g/mol. The molecule has 3 rings (SSSR count). The zero-order chi connectivity index (χ0) is 11.8. The average Bonchev–Trinajstić information content (AvgIpc) is 2.88. The van der Waals surface area contributed by atoms with Crippen LogP contribution in [0.3, 0.4) is 0 Å². The fourth-order valence-corrected chi connectivity index (χ4v) is 2.32. The number of halogens is 1. The van der Waals surface area contributed by atoms with Crippen LogP contribution in [0.25, 0.3) is 11.2 Å². The summed E-state index contributed by atoms with van der Waals surface area (Å²) >= 11 is 5.88. The lowest BCUT2D eigenvalue weighted by atomic mass is 10.1. The van der Waals surface area contributed by atoms with Crippen LogP contribution in [-0.2, 0) is 11.3 Å². The summed E-state index contributed by atoms with van der Waals surface area (Å²) in [6, 6.07) is 1.78. The molecule has 1 fully saturated rings. The second-order valence-corrected chi connectivity index (χ2v) is 4.74. The molecule has 90 valence electrons. The van der Waals surface area contributed by atoms with E-state index in [2.05, 4.69) is 9.97 Å². The summed E-state index contributed by atoms with van der Waals surface area (Å²) in [6.45, 7) is 2.42. The average molecular weight is 253 g/mol. The summed E-state index contributed by atoms with van der Waals surface area (Å²) in [4.78, 5) is 8.56. The summed E-state index contributed by atoms with van der Waals surface area (Å²) in [7, 11) is 0. The van der Waals surface area contributed by atoms with E-state index in [0.29, 0.717) is 16.9 Å². The molecule has 5 nitrogen and oxygen atoms in total. The van der Waals surface area contributed by atoms with Crippen LogP contribution < -0.4 is 5.73 Å². The monoisotopic (exact) mass is 252 g/mol. The van der Waals surface area contributed by atoms with Gasteiger partial charge in [0.25, 0.3) is 0 Å². The molecular formula is C11H13ClN4O. The van der Waals surface area contributed by atoms with E-state index in [-0.39, 0.29) is 0 Å². The first-order valence-electron chi connectivity index (χ1n) is 5.59. The van der Waals surface area contributed by atoms with Gasteiger partial charge in [0.2, 0.25) is 5.95 Å². The molecule has 17 heavy (non-hydrogen) atoms. The molecule has 0 saturated carbocycles. The lowest BCUT2D eigenvalue weighted by Crippen LogP contribution is -2.13. The van der Waals surface area contributed by atoms with E-state index in [0.717, 1.165) is 37.3 Å². The molecule has 1 aliphatic heterocycles. The molecule has 0 radical (unpaired) electrons. The predicted octanol–water partition coefficient (Wildman–Crippen LogP) is 1.70. The van der Waals surface area contributed by atoms with Crippen molar-refractivity contribution in [1.29, 1.82) is 0 Å². The third kappa shape index (κ3) is 1.96. The lowest BCUT2D eigenvalue weighted by Gasteiger charge is -2.10. The zero-order valence-electron chi connectivity index (χ0n) is 9.27. The molecule has 0 aromatic carbocycles. The Morgan fingerprint density at radius 2 is 2.47 bits per heavy atom. The van der Waals surface area contributed by atoms with Crippen molar-refractivity contribution >= 4 is 28.7 Å². The Bertz CT molecular complexity index is 548. The van der Waals surface area contributed by atoms with Gasteiger partial charge in [0.05, 0.1) is 11.6 Å². The highest BCUT2D eigenvalue weighted by atomic mass is 35.5. The molecule has 6 heteroatoms. The van der Waals surface area contributed by atoms with Crippen molar-refractivity contribution < 1.29 is 4.74 Å². The first-order chi connectivity index (χ1) is 8.24. The lowest BCUT2D eigenvalue weighted by molar-refractivity contribution is 0.183. The minimum atomic E-state index is 0.488. The zero-order valence-corrected chi connectivity index (χ0v) is 10.0. The van der Waals surface area contributed by atoms with Crippen LogP contribution >= 0.6 is 11.6 Å². The molecule has 0 bridgehead atoms. The van der Waals surface area contributed by atoms with Crippen LogP contribution in [0.5, 0.6) is 0 Å². The third-order valence-electron chi connectivity index (χ3n) is 3.05. The summed E-state index contributed by atoms with van der Waals surface area (Å²) in [5, 5.41) is 0.575. The molecule has 2 aromatic rings. The third-order valence-corrected chi connectivity index (χ3v) is 3.25. The molecule has 3 heterocycles. The van der Waals surface area contributed by atoms with Gasteiger partial charge in [-0.1, -0.05) is 11.6 Å². The van der Waals surface area contributed by atoms with Gasteiger partial charge in [-0.25, -0.2) is 9.97 Å². The van der Waals surface area contributed by atoms with Gasteiger partial charge in [0.1, 0.15) is 5.52 Å². The predicted molar refractivity (Wildman–Crippen MR) is 65.9 cm³/mol. The maximum atomic E-state index is 5.91. The van der Waals surface area contributed by atoms with E-state index in [1.54, 1.807) is 12.3 Å². The maximum Gasteiger partial charge on any atom is 0.202 e. The maximum absolute atomic E-state index is 5.91. The topological polar surface area (TPSA) is 66.0 Å². The highest BCUT2D eigenvalue weighted by Crippen LogP contribution is 2.22. The Labute approximate surface area is 104 Å². The minimum absolute atomic E-state index is 0.488. The van der Waals surface area contributed by atoms with E-state index >= 15 is 0 Å². The van der Waals surface area contributed by atoms with Gasteiger partial charge in [0, 0.05) is 25.3 Å². The van der Waals surface area contributed by atoms with Gasteiger partial charge in [-0.05, 0) is 12.5 Å². The number of pyridine rings is 1. The smallest absolute Gasteiger partial charge is 0.202 e. The first kappa shape index (κ1) is 10.8. The van der Waals surface area contributed by atoms with Gasteiger partial charge in [-0.15, -0.1) is 0 Å². The normalized spacial score (nSPS) is 20.2. The Balaban J connectivity index is 1.99. The second-order valence-electron chi connectivity index (χ2n) is 4.31. The molecule has 0 aliphatic carbocycles. The van der Waals surface area contributed by atoms with Crippen LogP contribution in [-0.4, -0.2) is 27.7 Å². The Morgan fingerprint density at radius 1 is 1.59 bits per heavy atom. The van der Waals surface area contributed by atoms with Gasteiger partial charge in [-0.3, -0.25) is 4.57 Å². The SMILES string of the molecule is Nc1nc2cc(Cl)cnc2n1CC1CCOC1. The molecule has 0 spiro atoms. The minimum Gasteiger partial charge on any atom is -0.381 e. The Morgan fingerprint density at radius 3 is 3.24 bits per heavy atom. The van der Waals surface area contributed by atoms with Crippen molar-refractivity contribution in [2.75, 3.05) is 18.9 Å². The van der Waals surface area contributed by atoms with E-state index in [9.17, 15) is 0 Å². The van der Waals surface area contributed by atoms with Crippen molar-refractivity contribution in [3.63, 3.8) is 0 Å². The number of hydrogen-bond donors (Lipinski definition) is 1. The molecule has 2 N–H and O–H groups in total. The molecule has 1 saturated heterocycles. The number of anilines is 1. The number of imidazole rings is 1. The van der Waals surface area contributed by atoms with Crippen LogP contribution in [0.4, 0.5) is 5.95 Å². The second kappa shape index (κ2) is 4.16. The van der Waals surface area contributed by atoms with Crippen LogP contribution in [0, 0.1) is 5.92 Å². The Kier molecular flexibility index (Phi) is 2.64. The number of nitrogens with zero attached hydrogens (tertiary/aromatic N) is 3. The fraction of sp³-hybridized carbons (Fsp3) is 0.455. The van der Waals surface area contributed by atoms with Crippen molar-refractivity contribution in [3.05, 3.63) is 17.3 Å². The standard InChI is InChI=1S/C11H13ClN4O/c12-8-3-9-10(14-4-8)16(11(13)15-9)5-7-1-2-17-6-7/h3-4,7H,1-2,5-6H2,(H2,13,15).